The van der Waals surface area contributed by atoms with E-state index in [2.05, 4.69) is 19.2 Å². The van der Waals surface area contributed by atoms with Crippen LogP contribution in [0.2, 0.25) is 0 Å². The summed E-state index contributed by atoms with van der Waals surface area (Å²) in [5.41, 5.74) is 0.117. The number of rotatable bonds is 8. The Morgan fingerprint density at radius 1 is 1.14 bits per heavy atom. The summed E-state index contributed by atoms with van der Waals surface area (Å²) in [6.07, 6.45) is 4.57. The Hall–Kier alpha value is -1.93. The minimum atomic E-state index is -3.65. The lowest BCUT2D eigenvalue weighted by atomic mass is 10.1. The normalized spacial score (nSPS) is 15.8. The van der Waals surface area contributed by atoms with E-state index in [0.29, 0.717) is 25.6 Å². The summed E-state index contributed by atoms with van der Waals surface area (Å²) in [6.45, 7) is 5.23. The van der Waals surface area contributed by atoms with Crippen LogP contribution in [0.3, 0.4) is 0 Å². The Kier molecular flexibility index (Phi) is 8.44. The van der Waals surface area contributed by atoms with Crippen LogP contribution >= 0.6 is 0 Å². The molecule has 1 fully saturated rings. The smallest absolute Gasteiger partial charge is 0.338 e. The molecule has 1 heterocycles. The first-order valence-electron chi connectivity index (χ1n) is 9.84. The molecule has 1 aromatic carbocycles. The molecule has 0 aromatic heterocycles. The van der Waals surface area contributed by atoms with E-state index in [9.17, 15) is 18.0 Å². The van der Waals surface area contributed by atoms with Crippen LogP contribution in [0, 0.1) is 5.92 Å². The van der Waals surface area contributed by atoms with E-state index >= 15 is 0 Å². The number of ether oxygens (including phenoxy) is 1. The van der Waals surface area contributed by atoms with Crippen LogP contribution in [-0.2, 0) is 19.6 Å². The minimum Gasteiger partial charge on any atom is -0.452 e. The van der Waals surface area contributed by atoms with Crippen molar-refractivity contribution in [3.05, 3.63) is 29.8 Å². The Morgan fingerprint density at radius 2 is 1.82 bits per heavy atom. The Balaban J connectivity index is 1.97. The fraction of sp³-hybridized carbons (Fsp3) is 0.600. The number of carbonyl (C=O) groups excluding carboxylic acids is 2. The number of benzene rings is 1. The molecule has 1 amide bonds. The van der Waals surface area contributed by atoms with E-state index in [4.69, 9.17) is 4.74 Å². The molecule has 28 heavy (non-hydrogen) atoms. The van der Waals surface area contributed by atoms with E-state index < -0.39 is 16.0 Å². The van der Waals surface area contributed by atoms with Crippen LogP contribution in [0.4, 0.5) is 0 Å². The molecule has 0 aliphatic carbocycles. The highest BCUT2D eigenvalue weighted by Gasteiger charge is 2.26. The van der Waals surface area contributed by atoms with Gasteiger partial charge in [-0.05, 0) is 43.4 Å². The molecule has 0 spiro atoms. The highest BCUT2D eigenvalue weighted by atomic mass is 32.2. The van der Waals surface area contributed by atoms with Crippen molar-refractivity contribution in [1.82, 2.24) is 9.62 Å². The molecule has 8 heteroatoms. The quantitative estimate of drug-likeness (QED) is 0.665. The van der Waals surface area contributed by atoms with E-state index in [1.165, 1.54) is 28.6 Å². The van der Waals surface area contributed by atoms with E-state index in [1.54, 1.807) is 0 Å². The average Bonchev–Trinajstić information content (AvgIpc) is 2.96. The predicted molar refractivity (Wildman–Crippen MR) is 106 cm³/mol. The lowest BCUT2D eigenvalue weighted by Crippen LogP contribution is -2.32. The number of esters is 1. The number of hydrogen-bond donors (Lipinski definition) is 1. The molecule has 1 aliphatic heterocycles. The Morgan fingerprint density at radius 3 is 2.46 bits per heavy atom. The van der Waals surface area contributed by atoms with Crippen molar-refractivity contribution in [3.63, 3.8) is 0 Å². The first-order valence-corrected chi connectivity index (χ1v) is 11.3. The lowest BCUT2D eigenvalue weighted by molar-refractivity contribution is -0.124. The molecule has 0 atom stereocenters. The Bertz CT molecular complexity index is 769. The molecule has 0 radical (unpaired) electrons. The van der Waals surface area contributed by atoms with Crippen molar-refractivity contribution in [1.29, 1.82) is 0 Å². The van der Waals surface area contributed by atoms with Gasteiger partial charge >= 0.3 is 5.97 Å². The molecule has 156 valence electrons. The van der Waals surface area contributed by atoms with Gasteiger partial charge in [-0.2, -0.15) is 4.31 Å². The molecule has 0 bridgehead atoms. The molecule has 1 N–H and O–H groups in total. The highest BCUT2D eigenvalue weighted by Crippen LogP contribution is 2.21. The van der Waals surface area contributed by atoms with Crippen LogP contribution < -0.4 is 5.32 Å². The first-order chi connectivity index (χ1) is 13.3. The third kappa shape index (κ3) is 6.60. The van der Waals surface area contributed by atoms with Gasteiger partial charge in [-0.15, -0.1) is 0 Å². The molecule has 7 nitrogen and oxygen atoms in total. The van der Waals surface area contributed by atoms with Gasteiger partial charge in [0, 0.05) is 19.6 Å². The van der Waals surface area contributed by atoms with Crippen molar-refractivity contribution in [2.75, 3.05) is 26.2 Å². The summed E-state index contributed by atoms with van der Waals surface area (Å²) in [4.78, 5) is 24.0. The molecule has 1 aromatic rings. The summed E-state index contributed by atoms with van der Waals surface area (Å²) in [6, 6.07) is 5.80. The van der Waals surface area contributed by atoms with Crippen molar-refractivity contribution in [2.45, 2.75) is 50.8 Å². The van der Waals surface area contributed by atoms with Gasteiger partial charge in [-0.1, -0.05) is 32.8 Å². The molecular weight excluding hydrogens is 380 g/mol. The van der Waals surface area contributed by atoms with Gasteiger partial charge in [0.2, 0.25) is 10.0 Å². The van der Waals surface area contributed by atoms with Crippen LogP contribution in [0.5, 0.6) is 0 Å². The molecule has 0 saturated carbocycles. The van der Waals surface area contributed by atoms with Crippen molar-refractivity contribution >= 4 is 21.9 Å². The third-order valence-corrected chi connectivity index (χ3v) is 6.55. The van der Waals surface area contributed by atoms with Crippen molar-refractivity contribution in [3.8, 4) is 0 Å². The Labute approximate surface area is 167 Å². The van der Waals surface area contributed by atoms with Crippen LogP contribution in [0.25, 0.3) is 0 Å². The third-order valence-electron chi connectivity index (χ3n) is 4.65. The van der Waals surface area contributed by atoms with Crippen molar-refractivity contribution < 1.29 is 22.7 Å². The van der Waals surface area contributed by atoms with E-state index in [1.807, 2.05) is 0 Å². The topological polar surface area (TPSA) is 92.8 Å². The van der Waals surface area contributed by atoms with Gasteiger partial charge in [0.15, 0.2) is 6.61 Å². The maximum absolute atomic E-state index is 12.9. The second kappa shape index (κ2) is 10.6. The number of hydrogen-bond acceptors (Lipinski definition) is 5. The molecule has 0 unspecified atom stereocenters. The summed E-state index contributed by atoms with van der Waals surface area (Å²) in [7, 11) is -3.65. The number of amides is 1. The SMILES string of the molecule is CC(C)CCNC(=O)COC(=O)c1cccc(S(=O)(=O)N2CCCCCC2)c1. The minimum absolute atomic E-state index is 0.0743. The summed E-state index contributed by atoms with van der Waals surface area (Å²) < 4.78 is 32.2. The molecule has 2 rings (SSSR count). The summed E-state index contributed by atoms with van der Waals surface area (Å²) in [5, 5.41) is 2.69. The number of nitrogens with zero attached hydrogens (tertiary/aromatic N) is 1. The summed E-state index contributed by atoms with van der Waals surface area (Å²) in [5.74, 6) is -0.619. The molecular formula is C20H30N2O5S. The van der Waals surface area contributed by atoms with Gasteiger partial charge in [0.05, 0.1) is 10.5 Å². The second-order valence-electron chi connectivity index (χ2n) is 7.45. The standard InChI is InChI=1S/C20H30N2O5S/c1-16(2)10-11-21-19(23)15-27-20(24)17-8-7-9-18(14-17)28(25,26)22-12-5-3-4-6-13-22/h7-9,14,16H,3-6,10-13,15H2,1-2H3,(H,21,23). The van der Waals surface area contributed by atoms with Gasteiger partial charge in [-0.3, -0.25) is 4.79 Å². The van der Waals surface area contributed by atoms with Crippen LogP contribution in [0.1, 0.15) is 56.3 Å². The molecule has 1 saturated heterocycles. The number of carbonyl (C=O) groups is 2. The zero-order valence-electron chi connectivity index (χ0n) is 16.6. The number of nitrogens with one attached hydrogen (secondary N) is 1. The van der Waals surface area contributed by atoms with E-state index in [0.717, 1.165) is 32.1 Å². The largest absolute Gasteiger partial charge is 0.452 e. The zero-order chi connectivity index (χ0) is 20.6. The van der Waals surface area contributed by atoms with Crippen LogP contribution in [0.15, 0.2) is 29.2 Å². The van der Waals surface area contributed by atoms with E-state index in [-0.39, 0.29) is 23.0 Å². The fourth-order valence-corrected chi connectivity index (χ4v) is 4.54. The monoisotopic (exact) mass is 410 g/mol. The van der Waals surface area contributed by atoms with Gasteiger partial charge < -0.3 is 10.1 Å². The zero-order valence-corrected chi connectivity index (χ0v) is 17.5. The first kappa shape index (κ1) is 22.4. The van der Waals surface area contributed by atoms with Crippen LogP contribution in [-0.4, -0.2) is 50.8 Å². The lowest BCUT2D eigenvalue weighted by Gasteiger charge is -2.20. The predicted octanol–water partition coefficient (Wildman–Crippen LogP) is 2.57. The number of sulfonamides is 1. The maximum atomic E-state index is 12.9. The van der Waals surface area contributed by atoms with Crippen molar-refractivity contribution in [2.24, 2.45) is 5.92 Å². The average molecular weight is 411 g/mol. The van der Waals surface area contributed by atoms with Gasteiger partial charge in [0.25, 0.3) is 5.91 Å². The summed E-state index contributed by atoms with van der Waals surface area (Å²) >= 11 is 0. The molecule has 1 aliphatic rings. The fourth-order valence-electron chi connectivity index (χ4n) is 2.98. The highest BCUT2D eigenvalue weighted by molar-refractivity contribution is 7.89. The maximum Gasteiger partial charge on any atom is 0.338 e. The second-order valence-corrected chi connectivity index (χ2v) is 9.39. The van der Waals surface area contributed by atoms with Gasteiger partial charge in [0.1, 0.15) is 0 Å². The van der Waals surface area contributed by atoms with Gasteiger partial charge in [-0.25, -0.2) is 13.2 Å².